The van der Waals surface area contributed by atoms with Crippen LogP contribution in [0.15, 0.2) is 47.4 Å². The molecular weight excluding hydrogens is 410 g/mol. The van der Waals surface area contributed by atoms with Crippen molar-refractivity contribution < 1.29 is 13.2 Å². The van der Waals surface area contributed by atoms with Crippen LogP contribution in [0, 0.1) is 0 Å². The molecule has 0 heterocycles. The standard InChI is InChI=1S/C21H26ClN3O3S/c1-24(2)29(27,28)16-9-10-18(22)19(14-16)23-21(26)12-13-25(3)20-11-8-15-6-4-5-7-17(15)20/h4-7,9-10,14,20H,8,11-13H2,1-3H3,(H,23,26). The Kier molecular flexibility index (Phi) is 6.63. The molecule has 0 fully saturated rings. The van der Waals surface area contributed by atoms with Crippen molar-refractivity contribution in [1.29, 1.82) is 0 Å². The number of hydrogen-bond donors (Lipinski definition) is 1. The molecule has 1 aliphatic carbocycles. The topological polar surface area (TPSA) is 69.7 Å². The minimum absolute atomic E-state index is 0.0851. The van der Waals surface area contributed by atoms with E-state index < -0.39 is 10.0 Å². The number of fused-ring (bicyclic) bond motifs is 1. The summed E-state index contributed by atoms with van der Waals surface area (Å²) in [4.78, 5) is 14.7. The monoisotopic (exact) mass is 435 g/mol. The molecule has 1 amide bonds. The third-order valence-corrected chi connectivity index (χ3v) is 7.46. The lowest BCUT2D eigenvalue weighted by Gasteiger charge is -2.25. The third-order valence-electron chi connectivity index (χ3n) is 5.32. The molecule has 29 heavy (non-hydrogen) atoms. The third kappa shape index (κ3) is 4.80. The second-order valence-corrected chi connectivity index (χ2v) is 10.0. The minimum Gasteiger partial charge on any atom is -0.325 e. The van der Waals surface area contributed by atoms with Gasteiger partial charge in [0, 0.05) is 33.1 Å². The number of carbonyl (C=O) groups excluding carboxylic acids is 1. The van der Waals surface area contributed by atoms with E-state index in [9.17, 15) is 13.2 Å². The number of nitrogens with one attached hydrogen (secondary N) is 1. The summed E-state index contributed by atoms with van der Waals surface area (Å²) in [6.07, 6.45) is 2.39. The van der Waals surface area contributed by atoms with E-state index in [4.69, 9.17) is 11.6 Å². The van der Waals surface area contributed by atoms with Crippen molar-refractivity contribution >= 4 is 33.2 Å². The fourth-order valence-corrected chi connectivity index (χ4v) is 4.70. The maximum Gasteiger partial charge on any atom is 0.242 e. The summed E-state index contributed by atoms with van der Waals surface area (Å²) >= 11 is 6.16. The highest BCUT2D eigenvalue weighted by molar-refractivity contribution is 7.89. The largest absolute Gasteiger partial charge is 0.325 e. The Bertz CT molecular complexity index is 1010. The number of benzene rings is 2. The van der Waals surface area contributed by atoms with Crippen LogP contribution < -0.4 is 5.32 Å². The van der Waals surface area contributed by atoms with Crippen LogP contribution in [0.3, 0.4) is 0 Å². The fourth-order valence-electron chi connectivity index (χ4n) is 3.61. The Labute approximate surface area is 177 Å². The molecule has 0 aliphatic heterocycles. The summed E-state index contributed by atoms with van der Waals surface area (Å²) in [6.45, 7) is 0.595. The zero-order chi connectivity index (χ0) is 21.2. The highest BCUT2D eigenvalue weighted by atomic mass is 35.5. The quantitative estimate of drug-likeness (QED) is 0.722. The normalized spacial score (nSPS) is 16.3. The Balaban J connectivity index is 1.63. The second kappa shape index (κ2) is 8.83. The molecule has 3 rings (SSSR count). The molecule has 0 saturated carbocycles. The van der Waals surface area contributed by atoms with E-state index in [2.05, 4.69) is 34.5 Å². The average Bonchev–Trinajstić information content (AvgIpc) is 3.12. The van der Waals surface area contributed by atoms with Crippen molar-refractivity contribution in [2.75, 3.05) is 33.0 Å². The molecule has 1 aliphatic rings. The molecule has 156 valence electrons. The molecule has 0 bridgehead atoms. The van der Waals surface area contributed by atoms with E-state index >= 15 is 0 Å². The van der Waals surface area contributed by atoms with E-state index in [1.165, 1.54) is 43.4 Å². The number of carbonyl (C=O) groups is 1. The maximum atomic E-state index is 12.5. The van der Waals surface area contributed by atoms with Gasteiger partial charge in [-0.25, -0.2) is 12.7 Å². The lowest BCUT2D eigenvalue weighted by atomic mass is 10.1. The van der Waals surface area contributed by atoms with Crippen LogP contribution in [-0.4, -0.2) is 51.2 Å². The number of sulfonamides is 1. The lowest BCUT2D eigenvalue weighted by Crippen LogP contribution is -2.27. The molecule has 6 nitrogen and oxygen atoms in total. The van der Waals surface area contributed by atoms with Gasteiger partial charge in [0.2, 0.25) is 15.9 Å². The van der Waals surface area contributed by atoms with Gasteiger partial charge in [0.25, 0.3) is 0 Å². The predicted molar refractivity (Wildman–Crippen MR) is 116 cm³/mol. The summed E-state index contributed by atoms with van der Waals surface area (Å²) in [5, 5.41) is 3.05. The van der Waals surface area contributed by atoms with Gasteiger partial charge >= 0.3 is 0 Å². The van der Waals surface area contributed by atoms with Crippen molar-refractivity contribution in [3.05, 3.63) is 58.6 Å². The van der Waals surface area contributed by atoms with Gasteiger partial charge in [0.1, 0.15) is 0 Å². The van der Waals surface area contributed by atoms with Crippen molar-refractivity contribution in [2.24, 2.45) is 0 Å². The Hall–Kier alpha value is -1.93. The summed E-state index contributed by atoms with van der Waals surface area (Å²) in [6, 6.07) is 13.0. The molecule has 8 heteroatoms. The van der Waals surface area contributed by atoms with Crippen LogP contribution in [0.1, 0.15) is 30.0 Å². The van der Waals surface area contributed by atoms with Crippen molar-refractivity contribution in [2.45, 2.75) is 30.2 Å². The molecule has 1 N–H and O–H groups in total. The van der Waals surface area contributed by atoms with Gasteiger partial charge < -0.3 is 5.32 Å². The molecule has 1 atom stereocenters. The first-order chi connectivity index (χ1) is 13.7. The summed E-state index contributed by atoms with van der Waals surface area (Å²) in [5.41, 5.74) is 3.01. The molecular formula is C21H26ClN3O3S. The average molecular weight is 436 g/mol. The number of nitrogens with zero attached hydrogens (tertiary/aromatic N) is 2. The summed E-state index contributed by atoms with van der Waals surface area (Å²) in [5.74, 6) is -0.204. The lowest BCUT2D eigenvalue weighted by molar-refractivity contribution is -0.116. The first-order valence-corrected chi connectivity index (χ1v) is 11.3. The van der Waals surface area contributed by atoms with Crippen LogP contribution in [0.4, 0.5) is 5.69 Å². The fraction of sp³-hybridized carbons (Fsp3) is 0.381. The number of hydrogen-bond acceptors (Lipinski definition) is 4. The van der Waals surface area contributed by atoms with Crippen LogP contribution >= 0.6 is 11.6 Å². The van der Waals surface area contributed by atoms with E-state index in [0.29, 0.717) is 23.3 Å². The number of halogens is 1. The number of anilines is 1. The zero-order valence-corrected chi connectivity index (χ0v) is 18.4. The molecule has 0 spiro atoms. The molecule has 0 radical (unpaired) electrons. The van der Waals surface area contributed by atoms with E-state index in [1.54, 1.807) is 0 Å². The van der Waals surface area contributed by atoms with Gasteiger partial charge in [0.15, 0.2) is 0 Å². The first kappa shape index (κ1) is 21.8. The van der Waals surface area contributed by atoms with Gasteiger partial charge in [-0.15, -0.1) is 0 Å². The maximum absolute atomic E-state index is 12.5. The van der Waals surface area contributed by atoms with E-state index in [1.807, 2.05) is 7.05 Å². The van der Waals surface area contributed by atoms with Gasteiger partial charge in [-0.05, 0) is 49.2 Å². The molecule has 2 aromatic carbocycles. The molecule has 0 saturated heterocycles. The summed E-state index contributed by atoms with van der Waals surface area (Å²) < 4.78 is 25.7. The van der Waals surface area contributed by atoms with Gasteiger partial charge in [0.05, 0.1) is 15.6 Å². The smallest absolute Gasteiger partial charge is 0.242 e. The number of amides is 1. The van der Waals surface area contributed by atoms with Crippen LogP contribution in [0.2, 0.25) is 5.02 Å². The van der Waals surface area contributed by atoms with Crippen LogP contribution in [0.5, 0.6) is 0 Å². The van der Waals surface area contributed by atoms with Crippen LogP contribution in [-0.2, 0) is 21.2 Å². The van der Waals surface area contributed by atoms with E-state index in [0.717, 1.165) is 17.1 Å². The van der Waals surface area contributed by atoms with Crippen molar-refractivity contribution in [1.82, 2.24) is 9.21 Å². The second-order valence-electron chi connectivity index (χ2n) is 7.46. The van der Waals surface area contributed by atoms with E-state index in [-0.39, 0.29) is 17.2 Å². The molecule has 1 unspecified atom stereocenters. The Morgan fingerprint density at radius 3 is 2.62 bits per heavy atom. The number of aryl methyl sites for hydroxylation is 1. The SMILES string of the molecule is CN(CCC(=O)Nc1cc(S(=O)(=O)N(C)C)ccc1Cl)C1CCc2ccccc21. The van der Waals surface area contributed by atoms with Crippen LogP contribution in [0.25, 0.3) is 0 Å². The molecule has 0 aromatic heterocycles. The highest BCUT2D eigenvalue weighted by Gasteiger charge is 2.25. The van der Waals surface area contributed by atoms with Crippen molar-refractivity contribution in [3.8, 4) is 0 Å². The van der Waals surface area contributed by atoms with Gasteiger partial charge in [-0.3, -0.25) is 9.69 Å². The Morgan fingerprint density at radius 1 is 1.17 bits per heavy atom. The highest BCUT2D eigenvalue weighted by Crippen LogP contribution is 2.34. The first-order valence-electron chi connectivity index (χ1n) is 9.50. The Morgan fingerprint density at radius 2 is 1.90 bits per heavy atom. The minimum atomic E-state index is -3.60. The molecule has 2 aromatic rings. The summed E-state index contributed by atoms with van der Waals surface area (Å²) in [7, 11) is 1.34. The zero-order valence-electron chi connectivity index (χ0n) is 16.9. The van der Waals surface area contributed by atoms with Crippen molar-refractivity contribution in [3.63, 3.8) is 0 Å². The van der Waals surface area contributed by atoms with Gasteiger partial charge in [-0.1, -0.05) is 35.9 Å². The number of rotatable bonds is 7. The van der Waals surface area contributed by atoms with Gasteiger partial charge in [-0.2, -0.15) is 0 Å². The predicted octanol–water partition coefficient (Wildman–Crippen LogP) is 3.54.